The fourth-order valence-corrected chi connectivity index (χ4v) is 6.61. The third-order valence-electron chi connectivity index (χ3n) is 6.70. The van der Waals surface area contributed by atoms with Gasteiger partial charge in [0.2, 0.25) is 10.0 Å². The molecule has 4 rings (SSSR count). The Balaban J connectivity index is 0.00000256. The van der Waals surface area contributed by atoms with Gasteiger partial charge in [-0.25, -0.2) is 17.9 Å². The van der Waals surface area contributed by atoms with Gasteiger partial charge in [0.25, 0.3) is 0 Å². The van der Waals surface area contributed by atoms with E-state index in [0.29, 0.717) is 6.04 Å². The fraction of sp³-hybridized carbons (Fsp3) is 0.682. The summed E-state index contributed by atoms with van der Waals surface area (Å²) in [7, 11) is -3.67. The van der Waals surface area contributed by atoms with E-state index in [9.17, 15) is 13.2 Å². The molecule has 30 heavy (non-hydrogen) atoms. The van der Waals surface area contributed by atoms with Crippen LogP contribution in [0.3, 0.4) is 0 Å². The second-order valence-electron chi connectivity index (χ2n) is 9.17. The molecule has 8 heteroatoms. The van der Waals surface area contributed by atoms with E-state index in [1.807, 2.05) is 0 Å². The van der Waals surface area contributed by atoms with Gasteiger partial charge in [0.05, 0.1) is 5.75 Å². The number of likely N-dealkylation sites (tertiary alicyclic amines) is 1. The standard InChI is InChI=1S/C22H33N3O3S.K/c1-15(2)25-11-5-6-16(13-25)14-29(27,28)24-22(26)23-21-19-9-3-7-17(19)12-18-8-4-10-20(18)21;/h12,15-16H,3-11,13-14H2,1-2H3,(H2,23,24,26);. The molecule has 1 fully saturated rings. The minimum Gasteiger partial charge on any atom is -0.307 e. The second kappa shape index (κ2) is 10.3. The van der Waals surface area contributed by atoms with E-state index < -0.39 is 16.1 Å². The number of hydrogen-bond donors (Lipinski definition) is 2. The quantitative estimate of drug-likeness (QED) is 0.665. The van der Waals surface area contributed by atoms with Gasteiger partial charge in [-0.2, -0.15) is 0 Å². The van der Waals surface area contributed by atoms with Crippen molar-refractivity contribution in [3.8, 4) is 0 Å². The third kappa shape index (κ3) is 5.69. The van der Waals surface area contributed by atoms with Crippen LogP contribution in [0, 0.1) is 5.92 Å². The zero-order chi connectivity index (χ0) is 20.6. The molecule has 2 amide bonds. The molecule has 3 aliphatic rings. The maximum atomic E-state index is 12.7. The number of hydrogen-bond acceptors (Lipinski definition) is 4. The van der Waals surface area contributed by atoms with Crippen LogP contribution in [-0.4, -0.2) is 95.6 Å². The summed E-state index contributed by atoms with van der Waals surface area (Å²) in [4.78, 5) is 15.0. The van der Waals surface area contributed by atoms with Crippen molar-refractivity contribution in [2.24, 2.45) is 5.92 Å². The second-order valence-corrected chi connectivity index (χ2v) is 10.9. The number of nitrogens with one attached hydrogen (secondary N) is 2. The van der Waals surface area contributed by atoms with Crippen LogP contribution in [0.15, 0.2) is 6.07 Å². The van der Waals surface area contributed by atoms with Gasteiger partial charge in [0, 0.05) is 69.7 Å². The molecule has 1 unspecified atom stereocenters. The predicted octanol–water partition coefficient (Wildman–Crippen LogP) is 2.85. The molecule has 0 bridgehead atoms. The Hall–Kier alpha value is 0.0364. The van der Waals surface area contributed by atoms with Gasteiger partial charge < -0.3 is 10.2 Å². The Bertz CT molecular complexity index is 869. The Labute approximate surface area is 223 Å². The summed E-state index contributed by atoms with van der Waals surface area (Å²) in [5.41, 5.74) is 5.93. The van der Waals surface area contributed by atoms with Crippen LogP contribution in [0.1, 0.15) is 61.8 Å². The van der Waals surface area contributed by atoms with E-state index in [1.165, 1.54) is 22.3 Å². The van der Waals surface area contributed by atoms with Crippen LogP contribution in [0.4, 0.5) is 10.5 Å². The molecular weight excluding hydrogens is 425 g/mol. The molecule has 1 heterocycles. The van der Waals surface area contributed by atoms with E-state index in [4.69, 9.17) is 0 Å². The Kier molecular flexibility index (Phi) is 8.48. The summed E-state index contributed by atoms with van der Waals surface area (Å²) >= 11 is 0. The van der Waals surface area contributed by atoms with Crippen LogP contribution >= 0.6 is 0 Å². The van der Waals surface area contributed by atoms with Gasteiger partial charge in [0.1, 0.15) is 0 Å². The van der Waals surface area contributed by atoms with E-state index in [2.05, 4.69) is 34.9 Å². The zero-order valence-corrected chi connectivity index (χ0v) is 22.5. The van der Waals surface area contributed by atoms with Gasteiger partial charge in [-0.1, -0.05) is 6.07 Å². The van der Waals surface area contributed by atoms with Crippen molar-refractivity contribution >= 4 is 73.1 Å². The minimum atomic E-state index is -3.67. The number of amides is 2. The summed E-state index contributed by atoms with van der Waals surface area (Å²) in [5.74, 6) is 0.0796. The summed E-state index contributed by atoms with van der Waals surface area (Å²) in [6.45, 7) is 6.07. The SMILES string of the molecule is CC(C)N1CCCC(CS(=O)(=O)NC(=O)Nc2c3c(cc4c2CCC4)CCC3)C1.[K]. The normalized spacial score (nSPS) is 21.1. The molecule has 1 saturated heterocycles. The molecule has 2 N–H and O–H groups in total. The van der Waals surface area contributed by atoms with Gasteiger partial charge >= 0.3 is 6.03 Å². The average molecular weight is 459 g/mol. The van der Waals surface area contributed by atoms with Crippen molar-refractivity contribution in [3.05, 3.63) is 28.3 Å². The molecule has 6 nitrogen and oxygen atoms in total. The summed E-state index contributed by atoms with van der Waals surface area (Å²) in [5, 5.41) is 2.92. The van der Waals surface area contributed by atoms with E-state index in [1.54, 1.807) is 0 Å². The van der Waals surface area contributed by atoms with Crippen LogP contribution in [0.25, 0.3) is 0 Å². The third-order valence-corrected chi connectivity index (χ3v) is 8.10. The first-order valence-corrected chi connectivity index (χ1v) is 12.7. The summed E-state index contributed by atoms with van der Waals surface area (Å²) in [6.07, 6.45) is 8.10. The van der Waals surface area contributed by atoms with Crippen LogP contribution in [-0.2, 0) is 35.7 Å². The first-order valence-electron chi connectivity index (χ1n) is 11.0. The van der Waals surface area contributed by atoms with Crippen molar-refractivity contribution in [2.75, 3.05) is 24.2 Å². The van der Waals surface area contributed by atoms with E-state index >= 15 is 0 Å². The number of nitrogens with zero attached hydrogens (tertiary/aromatic N) is 1. The van der Waals surface area contributed by atoms with Crippen LogP contribution < -0.4 is 10.0 Å². The molecule has 0 spiro atoms. The Morgan fingerprint density at radius 2 is 1.73 bits per heavy atom. The molecule has 1 radical (unpaired) electrons. The van der Waals surface area contributed by atoms with Crippen molar-refractivity contribution in [3.63, 3.8) is 0 Å². The number of carbonyl (C=O) groups excluding carboxylic acids is 1. The van der Waals surface area contributed by atoms with Crippen molar-refractivity contribution < 1.29 is 13.2 Å². The van der Waals surface area contributed by atoms with Crippen LogP contribution in [0.5, 0.6) is 0 Å². The monoisotopic (exact) mass is 458 g/mol. The molecule has 0 aromatic heterocycles. The largest absolute Gasteiger partial charge is 0.332 e. The first kappa shape index (κ1) is 24.7. The maximum absolute atomic E-state index is 12.7. The number of urea groups is 1. The zero-order valence-electron chi connectivity index (χ0n) is 18.6. The van der Waals surface area contributed by atoms with Gasteiger partial charge in [-0.15, -0.1) is 0 Å². The summed E-state index contributed by atoms with van der Waals surface area (Å²) < 4.78 is 27.6. The molecule has 1 aliphatic heterocycles. The first-order chi connectivity index (χ1) is 13.8. The molecule has 1 aromatic rings. The number of sulfonamides is 1. The van der Waals surface area contributed by atoms with Gasteiger partial charge in [-0.05, 0) is 99.9 Å². The number of rotatable bonds is 5. The van der Waals surface area contributed by atoms with Crippen LogP contribution in [0.2, 0.25) is 0 Å². The molecule has 1 aromatic carbocycles. The topological polar surface area (TPSA) is 78.5 Å². The average Bonchev–Trinajstić information content (AvgIpc) is 3.29. The van der Waals surface area contributed by atoms with Gasteiger partial charge in [0.15, 0.2) is 0 Å². The molecule has 161 valence electrons. The van der Waals surface area contributed by atoms with Crippen molar-refractivity contribution in [1.29, 1.82) is 0 Å². The number of carbonyl (C=O) groups is 1. The Morgan fingerprint density at radius 3 is 2.33 bits per heavy atom. The number of fused-ring (bicyclic) bond motifs is 2. The van der Waals surface area contributed by atoms with Crippen molar-refractivity contribution in [2.45, 2.75) is 71.3 Å². The molecule has 2 aliphatic carbocycles. The molecular formula is C22H33KN3O3S. The van der Waals surface area contributed by atoms with E-state index in [-0.39, 0.29) is 63.1 Å². The molecule has 1 atom stereocenters. The number of aryl methyl sites for hydroxylation is 2. The minimum absolute atomic E-state index is 0. The van der Waals surface area contributed by atoms with E-state index in [0.717, 1.165) is 70.1 Å². The number of benzene rings is 1. The smallest absolute Gasteiger partial charge is 0.307 e. The number of anilines is 1. The van der Waals surface area contributed by atoms with Gasteiger partial charge in [-0.3, -0.25) is 0 Å². The number of piperidine rings is 1. The summed E-state index contributed by atoms with van der Waals surface area (Å²) in [6, 6.07) is 2.10. The molecule has 0 saturated carbocycles. The maximum Gasteiger partial charge on any atom is 0.332 e. The Morgan fingerprint density at radius 1 is 1.10 bits per heavy atom. The fourth-order valence-electron chi connectivity index (χ4n) is 5.30. The predicted molar refractivity (Wildman–Crippen MR) is 122 cm³/mol. The van der Waals surface area contributed by atoms with Crippen molar-refractivity contribution in [1.82, 2.24) is 9.62 Å².